The van der Waals surface area contributed by atoms with Crippen molar-refractivity contribution in [1.82, 2.24) is 0 Å². The summed E-state index contributed by atoms with van der Waals surface area (Å²) in [6, 6.07) is 15.3. The lowest BCUT2D eigenvalue weighted by Crippen LogP contribution is -2.63. The highest BCUT2D eigenvalue weighted by molar-refractivity contribution is 6.30. The Hall–Kier alpha value is -2.50. The van der Waals surface area contributed by atoms with Crippen molar-refractivity contribution in [3.8, 4) is 0 Å². The van der Waals surface area contributed by atoms with Gasteiger partial charge in [0.25, 0.3) is 0 Å². The van der Waals surface area contributed by atoms with E-state index in [2.05, 4.69) is 0 Å². The molecule has 0 spiro atoms. The number of esters is 1. The van der Waals surface area contributed by atoms with Gasteiger partial charge in [-0.25, -0.2) is 9.18 Å². The van der Waals surface area contributed by atoms with Crippen LogP contribution in [0.5, 0.6) is 0 Å². The zero-order chi connectivity index (χ0) is 22.9. The molecule has 6 heteroatoms. The molecule has 1 aliphatic rings. The Morgan fingerprint density at radius 1 is 1.19 bits per heavy atom. The Kier molecular flexibility index (Phi) is 6.40. The van der Waals surface area contributed by atoms with Crippen molar-refractivity contribution in [1.29, 1.82) is 0 Å². The largest absolute Gasteiger partial charge is 0.457 e. The quantitative estimate of drug-likeness (QED) is 0.651. The van der Waals surface area contributed by atoms with Crippen LogP contribution in [0.15, 0.2) is 60.7 Å². The van der Waals surface area contributed by atoms with Crippen molar-refractivity contribution < 1.29 is 23.8 Å². The van der Waals surface area contributed by atoms with E-state index in [1.165, 1.54) is 18.2 Å². The van der Waals surface area contributed by atoms with Crippen LogP contribution in [0, 0.1) is 0 Å². The zero-order valence-corrected chi connectivity index (χ0v) is 18.5. The van der Waals surface area contributed by atoms with Gasteiger partial charge in [0.15, 0.2) is 0 Å². The van der Waals surface area contributed by atoms with Crippen LogP contribution in [-0.4, -0.2) is 33.7 Å². The van der Waals surface area contributed by atoms with Crippen LogP contribution in [0.2, 0.25) is 5.02 Å². The molecule has 0 aromatic heterocycles. The van der Waals surface area contributed by atoms with E-state index in [9.17, 15) is 14.7 Å². The van der Waals surface area contributed by atoms with Crippen LogP contribution >= 0.6 is 11.6 Å². The van der Waals surface area contributed by atoms with Crippen molar-refractivity contribution in [3.63, 3.8) is 0 Å². The third-order valence-electron chi connectivity index (χ3n) is 5.31. The maximum absolute atomic E-state index is 16.9. The van der Waals surface area contributed by atoms with E-state index in [1.54, 1.807) is 63.2 Å². The van der Waals surface area contributed by atoms with Gasteiger partial charge in [0, 0.05) is 23.8 Å². The molecule has 1 aliphatic carbocycles. The lowest BCUT2D eigenvalue weighted by Gasteiger charge is -2.46. The average molecular weight is 445 g/mol. The second-order valence-corrected chi connectivity index (χ2v) is 9.35. The molecule has 1 saturated carbocycles. The van der Waals surface area contributed by atoms with Crippen molar-refractivity contribution in [3.05, 3.63) is 76.8 Å². The second-order valence-electron chi connectivity index (χ2n) is 8.91. The number of hydrogen-bond donors (Lipinski definition) is 1. The minimum Gasteiger partial charge on any atom is -0.457 e. The van der Waals surface area contributed by atoms with Gasteiger partial charge in [-0.05, 0) is 50.1 Å². The van der Waals surface area contributed by atoms with E-state index in [1.807, 2.05) is 6.07 Å². The monoisotopic (exact) mass is 444 g/mol. The first-order valence-electron chi connectivity index (χ1n) is 10.1. The molecule has 0 amide bonds. The Labute approximate surface area is 186 Å². The predicted octanol–water partition coefficient (Wildman–Crippen LogP) is 5.28. The summed E-state index contributed by atoms with van der Waals surface area (Å²) < 4.78 is 22.3. The molecule has 2 aromatic carbocycles. The average Bonchev–Trinajstić information content (AvgIpc) is 2.68. The van der Waals surface area contributed by atoms with Crippen LogP contribution in [0.1, 0.15) is 50.7 Å². The number of alkyl halides is 1. The van der Waals surface area contributed by atoms with Gasteiger partial charge >= 0.3 is 5.97 Å². The molecule has 0 aliphatic heterocycles. The summed E-state index contributed by atoms with van der Waals surface area (Å²) in [7, 11) is 0. The summed E-state index contributed by atoms with van der Waals surface area (Å²) in [4.78, 5) is 25.8. The highest BCUT2D eigenvalue weighted by Crippen LogP contribution is 2.50. The number of ether oxygens (including phenoxy) is 1. The molecule has 3 rings (SSSR count). The number of hydrogen-bond acceptors (Lipinski definition) is 4. The highest BCUT2D eigenvalue weighted by atomic mass is 35.5. The minimum atomic E-state index is -2.90. The van der Waals surface area contributed by atoms with E-state index in [-0.39, 0.29) is 12.2 Å². The smallest absolute Gasteiger partial charge is 0.348 e. The van der Waals surface area contributed by atoms with Crippen molar-refractivity contribution in [2.24, 2.45) is 0 Å². The number of aliphatic hydroxyl groups is 1. The number of rotatable bonds is 4. The summed E-state index contributed by atoms with van der Waals surface area (Å²) >= 11 is 6.09. The summed E-state index contributed by atoms with van der Waals surface area (Å²) in [5.41, 5.74) is -5.24. The number of ketones is 1. The Bertz CT molecular complexity index is 998. The second kappa shape index (κ2) is 8.56. The summed E-state index contributed by atoms with van der Waals surface area (Å²) in [6.45, 7) is 4.86. The molecule has 1 fully saturated rings. The molecule has 0 unspecified atom stereocenters. The molecule has 0 bridgehead atoms. The third-order valence-corrected chi connectivity index (χ3v) is 5.54. The fourth-order valence-corrected chi connectivity index (χ4v) is 4.09. The van der Waals surface area contributed by atoms with Gasteiger partial charge in [0.2, 0.25) is 5.67 Å². The zero-order valence-electron chi connectivity index (χ0n) is 17.8. The molecule has 3 atom stereocenters. The normalized spacial score (nSPS) is 26.8. The first kappa shape index (κ1) is 23.2. The maximum atomic E-state index is 16.9. The molecule has 31 heavy (non-hydrogen) atoms. The molecular weight excluding hydrogens is 419 g/mol. The van der Waals surface area contributed by atoms with Crippen LogP contribution in [0.3, 0.4) is 0 Å². The van der Waals surface area contributed by atoms with E-state index in [0.29, 0.717) is 16.1 Å². The number of carbonyl (C=O) groups excluding carboxylic acids is 2. The molecule has 164 valence electrons. The lowest BCUT2D eigenvalue weighted by atomic mass is 9.63. The van der Waals surface area contributed by atoms with E-state index >= 15 is 4.39 Å². The van der Waals surface area contributed by atoms with Crippen molar-refractivity contribution in [2.75, 3.05) is 0 Å². The topological polar surface area (TPSA) is 63.6 Å². The molecule has 2 aromatic rings. The van der Waals surface area contributed by atoms with Crippen molar-refractivity contribution >= 4 is 29.4 Å². The van der Waals surface area contributed by atoms with Gasteiger partial charge in [-0.3, -0.25) is 4.79 Å². The van der Waals surface area contributed by atoms with Gasteiger partial charge in [0.05, 0.1) is 0 Å². The maximum Gasteiger partial charge on any atom is 0.348 e. The van der Waals surface area contributed by atoms with Gasteiger partial charge < -0.3 is 9.84 Å². The Balaban J connectivity index is 2.15. The molecule has 0 radical (unpaired) electrons. The van der Waals surface area contributed by atoms with Crippen LogP contribution in [0.25, 0.3) is 6.08 Å². The van der Waals surface area contributed by atoms with Crippen LogP contribution < -0.4 is 0 Å². The number of benzene rings is 2. The molecule has 1 N–H and O–H groups in total. The van der Waals surface area contributed by atoms with E-state index in [4.69, 9.17) is 16.3 Å². The van der Waals surface area contributed by atoms with Gasteiger partial charge in [-0.2, -0.15) is 0 Å². The fraction of sp³-hybridized carbons (Fsp3) is 0.360. The van der Waals surface area contributed by atoms with Crippen LogP contribution in [0.4, 0.5) is 4.39 Å². The van der Waals surface area contributed by atoms with Gasteiger partial charge in [-0.15, -0.1) is 0 Å². The first-order valence-corrected chi connectivity index (χ1v) is 10.5. The molecule has 0 saturated heterocycles. The van der Waals surface area contributed by atoms with Crippen LogP contribution in [-0.2, 0) is 14.3 Å². The minimum absolute atomic E-state index is 0.252. The fourth-order valence-electron chi connectivity index (χ4n) is 3.89. The first-order chi connectivity index (χ1) is 14.4. The predicted molar refractivity (Wildman–Crippen MR) is 119 cm³/mol. The van der Waals surface area contributed by atoms with E-state index < -0.39 is 35.2 Å². The lowest BCUT2D eigenvalue weighted by molar-refractivity contribution is -0.194. The third kappa shape index (κ3) is 4.89. The standard InChI is InChI=1S/C25H26ClFO4/c1-23(2,3)31-22(29)25(27)21(18-10-7-11-19(26)14-18)15-20(28)16-24(25,30)13-12-17-8-5-4-6-9-17/h4-14,21,30H,15-16H2,1-3H3/b13-12+/t21-,24+,25-/m0/s1. The van der Waals surface area contributed by atoms with Gasteiger partial charge in [0.1, 0.15) is 17.0 Å². The molecule has 4 nitrogen and oxygen atoms in total. The molecule has 0 heterocycles. The number of halogens is 2. The SMILES string of the molecule is CC(C)(C)OC(=O)[C@@]1(F)[C@H](c2cccc(Cl)c2)CC(=O)C[C@]1(O)/C=C/c1ccccc1. The van der Waals surface area contributed by atoms with Gasteiger partial charge in [-0.1, -0.05) is 60.1 Å². The summed E-state index contributed by atoms with van der Waals surface area (Å²) in [5, 5.41) is 11.8. The summed E-state index contributed by atoms with van der Waals surface area (Å²) in [6.07, 6.45) is 1.91. The number of carbonyl (C=O) groups is 2. The van der Waals surface area contributed by atoms with Crippen molar-refractivity contribution in [2.45, 2.75) is 56.4 Å². The Morgan fingerprint density at radius 3 is 2.48 bits per heavy atom. The number of Topliss-reactive ketones (excluding diaryl/α,β-unsaturated/α-hetero) is 1. The Morgan fingerprint density at radius 2 is 1.87 bits per heavy atom. The molecular formula is C25H26ClFO4. The highest BCUT2D eigenvalue weighted by Gasteiger charge is 2.66. The summed E-state index contributed by atoms with van der Waals surface area (Å²) in [5.74, 6) is -2.83. The van der Waals surface area contributed by atoms with E-state index in [0.717, 1.165) is 0 Å².